The number of rotatable bonds is 4. The number of carbonyl (C=O) groups excluding carboxylic acids is 1. The van der Waals surface area contributed by atoms with Crippen molar-refractivity contribution in [2.45, 2.75) is 13.3 Å². The lowest BCUT2D eigenvalue weighted by Gasteiger charge is -2.11. The summed E-state index contributed by atoms with van der Waals surface area (Å²) in [6.07, 6.45) is 0.641. The van der Waals surface area contributed by atoms with Gasteiger partial charge < -0.3 is 11.1 Å². The summed E-state index contributed by atoms with van der Waals surface area (Å²) in [6.45, 7) is 2.33. The zero-order chi connectivity index (χ0) is 15.2. The number of nitrogens with zero attached hydrogens (tertiary/aromatic N) is 1. The van der Waals surface area contributed by atoms with Crippen LogP contribution in [-0.2, 0) is 6.42 Å². The summed E-state index contributed by atoms with van der Waals surface area (Å²) in [5, 5.41) is 12.0. The highest BCUT2D eigenvalue weighted by molar-refractivity contribution is 6.06. The molecule has 0 aliphatic heterocycles. The molecule has 0 bridgehead atoms. The minimum atomic E-state index is -0.221. The van der Waals surface area contributed by atoms with Crippen LogP contribution in [0.25, 0.3) is 0 Å². The number of nitrogens with one attached hydrogen (secondary N) is 1. The monoisotopic (exact) mass is 279 g/mol. The minimum Gasteiger partial charge on any atom is -0.330 e. The maximum atomic E-state index is 12.4. The van der Waals surface area contributed by atoms with E-state index in [1.807, 2.05) is 37.3 Å². The molecule has 106 valence electrons. The predicted molar refractivity (Wildman–Crippen MR) is 83.0 cm³/mol. The second kappa shape index (κ2) is 6.69. The Labute approximate surface area is 124 Å². The third kappa shape index (κ3) is 3.28. The second-order valence-corrected chi connectivity index (χ2v) is 4.76. The van der Waals surface area contributed by atoms with Crippen molar-refractivity contribution >= 4 is 11.6 Å². The molecule has 0 saturated heterocycles. The number of aryl methyl sites for hydroxylation is 1. The van der Waals surface area contributed by atoms with Crippen LogP contribution in [0.5, 0.6) is 0 Å². The van der Waals surface area contributed by atoms with Gasteiger partial charge in [-0.2, -0.15) is 5.26 Å². The van der Waals surface area contributed by atoms with Gasteiger partial charge in [-0.05, 0) is 43.1 Å². The smallest absolute Gasteiger partial charge is 0.255 e. The zero-order valence-electron chi connectivity index (χ0n) is 11.9. The van der Waals surface area contributed by atoms with E-state index in [9.17, 15) is 10.1 Å². The Morgan fingerprint density at radius 3 is 2.71 bits per heavy atom. The number of hydrogen-bond acceptors (Lipinski definition) is 3. The van der Waals surface area contributed by atoms with Crippen LogP contribution in [0.1, 0.15) is 27.0 Å². The summed E-state index contributed by atoms with van der Waals surface area (Å²) in [5.74, 6) is -0.221. The summed E-state index contributed by atoms with van der Waals surface area (Å²) in [5.41, 5.74) is 8.93. The summed E-state index contributed by atoms with van der Waals surface area (Å²) in [4.78, 5) is 12.4. The van der Waals surface area contributed by atoms with Gasteiger partial charge in [0.15, 0.2) is 0 Å². The molecule has 2 aromatic carbocycles. The molecule has 0 spiro atoms. The molecule has 2 aromatic rings. The molecule has 2 rings (SSSR count). The largest absolute Gasteiger partial charge is 0.330 e. The van der Waals surface area contributed by atoms with E-state index < -0.39 is 0 Å². The van der Waals surface area contributed by atoms with E-state index in [1.54, 1.807) is 12.1 Å². The molecule has 3 N–H and O–H groups in total. The molecule has 0 aliphatic carbocycles. The lowest BCUT2D eigenvalue weighted by Crippen LogP contribution is -2.16. The quantitative estimate of drug-likeness (QED) is 0.903. The van der Waals surface area contributed by atoms with E-state index in [2.05, 4.69) is 11.4 Å². The molecule has 0 unspecified atom stereocenters. The number of nitrogens with two attached hydrogens (primary N) is 1. The fourth-order valence-electron chi connectivity index (χ4n) is 2.23. The topological polar surface area (TPSA) is 78.9 Å². The average molecular weight is 279 g/mol. The molecule has 21 heavy (non-hydrogen) atoms. The van der Waals surface area contributed by atoms with Crippen molar-refractivity contribution in [1.82, 2.24) is 0 Å². The molecule has 1 amide bonds. The SMILES string of the molecule is Cc1cccc(NC(=O)c2ccccc2CCN)c1C#N. The molecule has 0 atom stereocenters. The third-order valence-corrected chi connectivity index (χ3v) is 3.31. The van der Waals surface area contributed by atoms with Gasteiger partial charge in [0, 0.05) is 5.56 Å². The molecule has 0 fully saturated rings. The van der Waals surface area contributed by atoms with E-state index in [-0.39, 0.29) is 5.91 Å². The van der Waals surface area contributed by atoms with Gasteiger partial charge in [0.1, 0.15) is 6.07 Å². The van der Waals surface area contributed by atoms with Crippen LogP contribution >= 0.6 is 0 Å². The maximum absolute atomic E-state index is 12.4. The van der Waals surface area contributed by atoms with Crippen LogP contribution in [-0.4, -0.2) is 12.5 Å². The van der Waals surface area contributed by atoms with Gasteiger partial charge in [-0.25, -0.2) is 0 Å². The Morgan fingerprint density at radius 1 is 1.24 bits per heavy atom. The predicted octanol–water partition coefficient (Wildman–Crippen LogP) is 2.62. The van der Waals surface area contributed by atoms with Gasteiger partial charge in [0.25, 0.3) is 5.91 Å². The highest BCUT2D eigenvalue weighted by Crippen LogP contribution is 2.20. The van der Waals surface area contributed by atoms with Gasteiger partial charge in [-0.1, -0.05) is 30.3 Å². The van der Waals surface area contributed by atoms with Crippen LogP contribution < -0.4 is 11.1 Å². The summed E-state index contributed by atoms with van der Waals surface area (Å²) in [7, 11) is 0. The highest BCUT2D eigenvalue weighted by atomic mass is 16.1. The summed E-state index contributed by atoms with van der Waals surface area (Å²) >= 11 is 0. The molecule has 0 radical (unpaired) electrons. The van der Waals surface area contributed by atoms with Crippen LogP contribution in [0.3, 0.4) is 0 Å². The number of anilines is 1. The second-order valence-electron chi connectivity index (χ2n) is 4.76. The lowest BCUT2D eigenvalue weighted by atomic mass is 10.0. The van der Waals surface area contributed by atoms with Gasteiger partial charge >= 0.3 is 0 Å². The van der Waals surface area contributed by atoms with Crippen molar-refractivity contribution < 1.29 is 4.79 Å². The van der Waals surface area contributed by atoms with Crippen molar-refractivity contribution in [3.05, 3.63) is 64.7 Å². The van der Waals surface area contributed by atoms with Gasteiger partial charge in [-0.3, -0.25) is 4.79 Å². The standard InChI is InChI=1S/C17H17N3O/c1-12-5-4-8-16(15(12)11-19)20-17(21)14-7-3-2-6-13(14)9-10-18/h2-8H,9-10,18H2,1H3,(H,20,21). The third-order valence-electron chi connectivity index (χ3n) is 3.31. The van der Waals surface area contributed by atoms with Crippen molar-refractivity contribution in [3.63, 3.8) is 0 Å². The Kier molecular flexibility index (Phi) is 4.70. The average Bonchev–Trinajstić information content (AvgIpc) is 2.48. The molecule has 0 heterocycles. The number of amides is 1. The molecular formula is C17H17N3O. The Balaban J connectivity index is 2.31. The van der Waals surface area contributed by atoms with Gasteiger partial charge in [0.05, 0.1) is 11.3 Å². The Hall–Kier alpha value is -2.64. The summed E-state index contributed by atoms with van der Waals surface area (Å²) < 4.78 is 0. The molecule has 0 saturated carbocycles. The maximum Gasteiger partial charge on any atom is 0.255 e. The fraction of sp³-hybridized carbons (Fsp3) is 0.176. The van der Waals surface area contributed by atoms with Crippen LogP contribution in [0.15, 0.2) is 42.5 Å². The first-order chi connectivity index (χ1) is 10.2. The molecule has 0 aromatic heterocycles. The van der Waals surface area contributed by atoms with Crippen LogP contribution in [0.2, 0.25) is 0 Å². The van der Waals surface area contributed by atoms with Crippen LogP contribution in [0.4, 0.5) is 5.69 Å². The van der Waals surface area contributed by atoms with E-state index in [4.69, 9.17) is 5.73 Å². The van der Waals surface area contributed by atoms with E-state index in [1.165, 1.54) is 0 Å². The van der Waals surface area contributed by atoms with Crippen molar-refractivity contribution in [2.24, 2.45) is 5.73 Å². The van der Waals surface area contributed by atoms with Crippen molar-refractivity contribution in [2.75, 3.05) is 11.9 Å². The highest BCUT2D eigenvalue weighted by Gasteiger charge is 2.13. The van der Waals surface area contributed by atoms with E-state index in [0.29, 0.717) is 29.8 Å². The first-order valence-electron chi connectivity index (χ1n) is 6.76. The zero-order valence-corrected chi connectivity index (χ0v) is 11.9. The fourth-order valence-corrected chi connectivity index (χ4v) is 2.23. The van der Waals surface area contributed by atoms with Gasteiger partial charge in [0.2, 0.25) is 0 Å². The van der Waals surface area contributed by atoms with Crippen LogP contribution in [0, 0.1) is 18.3 Å². The molecule has 4 nitrogen and oxygen atoms in total. The molecule has 0 aliphatic rings. The summed E-state index contributed by atoms with van der Waals surface area (Å²) in [6, 6.07) is 14.9. The number of hydrogen-bond donors (Lipinski definition) is 2. The van der Waals surface area contributed by atoms with Crippen molar-refractivity contribution in [1.29, 1.82) is 5.26 Å². The Morgan fingerprint density at radius 2 is 2.00 bits per heavy atom. The molecular weight excluding hydrogens is 262 g/mol. The normalized spacial score (nSPS) is 9.95. The Bertz CT molecular complexity index is 701. The van der Waals surface area contributed by atoms with Gasteiger partial charge in [-0.15, -0.1) is 0 Å². The molecule has 4 heteroatoms. The van der Waals surface area contributed by atoms with Crippen molar-refractivity contribution in [3.8, 4) is 6.07 Å². The lowest BCUT2D eigenvalue weighted by molar-refractivity contribution is 0.102. The first kappa shape index (κ1) is 14.8. The van der Waals surface area contributed by atoms with E-state index >= 15 is 0 Å². The number of benzene rings is 2. The number of nitriles is 1. The number of carbonyl (C=O) groups is 1. The van der Waals surface area contributed by atoms with E-state index in [0.717, 1.165) is 11.1 Å². The minimum absolute atomic E-state index is 0.221. The first-order valence-corrected chi connectivity index (χ1v) is 6.76.